The smallest absolute Gasteiger partial charge is 0.337 e. The molecule has 0 saturated carbocycles. The number of carbonyl (C=O) groups is 3. The van der Waals surface area contributed by atoms with Gasteiger partial charge in [-0.2, -0.15) is 0 Å². The number of carbonyl (C=O) groups excluding carboxylic acids is 3. The van der Waals surface area contributed by atoms with Crippen LogP contribution >= 0.6 is 0 Å². The zero-order chi connectivity index (χ0) is 19.6. The van der Waals surface area contributed by atoms with Gasteiger partial charge in [0.2, 0.25) is 6.10 Å². The monoisotopic (exact) mass is 369 g/mol. The standard InChI is InChI=1S/C20H19NO6/c1-12(22)27-18-17(13-6-10-16(25-2)11-7-13)21(19(18)23)15-8-4-14(5-9-15)20(24)26-3/h4-11,17-18H,1-3H3/t17-,18-/m0/s1. The molecule has 1 saturated heterocycles. The van der Waals surface area contributed by atoms with Gasteiger partial charge in [0.1, 0.15) is 11.8 Å². The molecule has 0 bridgehead atoms. The van der Waals surface area contributed by atoms with E-state index in [1.165, 1.54) is 18.9 Å². The van der Waals surface area contributed by atoms with E-state index in [2.05, 4.69) is 4.74 Å². The van der Waals surface area contributed by atoms with Crippen LogP contribution in [0.1, 0.15) is 28.9 Å². The van der Waals surface area contributed by atoms with Crippen LogP contribution in [0, 0.1) is 0 Å². The van der Waals surface area contributed by atoms with Crippen molar-refractivity contribution in [3.8, 4) is 5.75 Å². The third kappa shape index (κ3) is 3.48. The number of rotatable bonds is 5. The fourth-order valence-corrected chi connectivity index (χ4v) is 3.04. The van der Waals surface area contributed by atoms with E-state index in [1.54, 1.807) is 43.5 Å². The van der Waals surface area contributed by atoms with Crippen molar-refractivity contribution in [2.75, 3.05) is 19.1 Å². The molecule has 1 aliphatic rings. The molecule has 0 aromatic heterocycles. The molecule has 0 unspecified atom stereocenters. The minimum absolute atomic E-state index is 0.322. The number of nitrogens with zero attached hydrogens (tertiary/aromatic N) is 1. The molecule has 0 aliphatic carbocycles. The molecule has 1 fully saturated rings. The van der Waals surface area contributed by atoms with E-state index in [4.69, 9.17) is 9.47 Å². The van der Waals surface area contributed by atoms with Crippen molar-refractivity contribution in [3.63, 3.8) is 0 Å². The highest BCUT2D eigenvalue weighted by atomic mass is 16.6. The Labute approximate surface area is 156 Å². The Balaban J connectivity index is 1.93. The second kappa shape index (κ2) is 7.49. The largest absolute Gasteiger partial charge is 0.497 e. The number of hydrogen-bond acceptors (Lipinski definition) is 6. The molecule has 3 rings (SSSR count). The first-order valence-electron chi connectivity index (χ1n) is 8.29. The lowest BCUT2D eigenvalue weighted by molar-refractivity contribution is -0.160. The topological polar surface area (TPSA) is 82.1 Å². The van der Waals surface area contributed by atoms with Crippen molar-refractivity contribution in [1.29, 1.82) is 0 Å². The Morgan fingerprint density at radius 3 is 2.11 bits per heavy atom. The normalized spacial score (nSPS) is 18.5. The van der Waals surface area contributed by atoms with Gasteiger partial charge < -0.3 is 14.2 Å². The number of amides is 1. The van der Waals surface area contributed by atoms with Gasteiger partial charge in [0.25, 0.3) is 5.91 Å². The van der Waals surface area contributed by atoms with Crippen LogP contribution in [0.5, 0.6) is 5.75 Å². The maximum Gasteiger partial charge on any atom is 0.337 e. The number of hydrogen-bond donors (Lipinski definition) is 0. The van der Waals surface area contributed by atoms with Crippen molar-refractivity contribution >= 4 is 23.5 Å². The lowest BCUT2D eigenvalue weighted by Gasteiger charge is -2.46. The Bertz CT molecular complexity index is 859. The highest BCUT2D eigenvalue weighted by molar-refractivity contribution is 6.06. The highest BCUT2D eigenvalue weighted by Gasteiger charge is 2.51. The van der Waals surface area contributed by atoms with E-state index in [0.717, 1.165) is 5.56 Å². The molecule has 1 amide bonds. The zero-order valence-electron chi connectivity index (χ0n) is 15.2. The Morgan fingerprint density at radius 1 is 0.963 bits per heavy atom. The number of methoxy groups -OCH3 is 2. The molecule has 7 nitrogen and oxygen atoms in total. The average molecular weight is 369 g/mol. The number of benzene rings is 2. The summed E-state index contributed by atoms with van der Waals surface area (Å²) >= 11 is 0. The molecule has 1 heterocycles. The summed E-state index contributed by atoms with van der Waals surface area (Å²) in [6.07, 6.45) is -0.892. The minimum atomic E-state index is -0.892. The van der Waals surface area contributed by atoms with Gasteiger partial charge in [-0.25, -0.2) is 4.79 Å². The van der Waals surface area contributed by atoms with Crippen LogP contribution < -0.4 is 9.64 Å². The Hall–Kier alpha value is -3.35. The van der Waals surface area contributed by atoms with E-state index in [-0.39, 0.29) is 5.91 Å². The first kappa shape index (κ1) is 18.4. The minimum Gasteiger partial charge on any atom is -0.497 e. The molecule has 0 spiro atoms. The van der Waals surface area contributed by atoms with Crippen molar-refractivity contribution in [1.82, 2.24) is 0 Å². The van der Waals surface area contributed by atoms with Crippen molar-refractivity contribution < 1.29 is 28.6 Å². The molecule has 0 N–H and O–H groups in total. The Kier molecular flexibility index (Phi) is 5.12. The van der Waals surface area contributed by atoms with Crippen LogP contribution in [0.3, 0.4) is 0 Å². The fourth-order valence-electron chi connectivity index (χ4n) is 3.04. The number of β-lactam (4-membered cyclic amide) rings is 1. The van der Waals surface area contributed by atoms with Gasteiger partial charge in [-0.1, -0.05) is 12.1 Å². The van der Waals surface area contributed by atoms with Crippen LogP contribution in [0.2, 0.25) is 0 Å². The summed E-state index contributed by atoms with van der Waals surface area (Å²) in [6.45, 7) is 1.27. The SMILES string of the molecule is COC(=O)c1ccc(N2C(=O)[C@@H](OC(C)=O)[C@@H]2c2ccc(OC)cc2)cc1. The molecular weight excluding hydrogens is 350 g/mol. The second-order valence-electron chi connectivity index (χ2n) is 5.99. The van der Waals surface area contributed by atoms with E-state index >= 15 is 0 Å². The van der Waals surface area contributed by atoms with Gasteiger partial charge in [-0.15, -0.1) is 0 Å². The van der Waals surface area contributed by atoms with Crippen LogP contribution in [0.25, 0.3) is 0 Å². The maximum absolute atomic E-state index is 12.6. The van der Waals surface area contributed by atoms with E-state index in [1.807, 2.05) is 12.1 Å². The molecule has 2 atom stereocenters. The van der Waals surface area contributed by atoms with Gasteiger partial charge >= 0.3 is 11.9 Å². The van der Waals surface area contributed by atoms with Crippen LogP contribution in [0.15, 0.2) is 48.5 Å². The summed E-state index contributed by atoms with van der Waals surface area (Å²) in [5.74, 6) is -0.618. The quantitative estimate of drug-likeness (QED) is 0.595. The third-order valence-electron chi connectivity index (χ3n) is 4.36. The first-order valence-corrected chi connectivity index (χ1v) is 8.29. The molecule has 2 aromatic carbocycles. The van der Waals surface area contributed by atoms with Gasteiger partial charge in [0.05, 0.1) is 19.8 Å². The molecule has 27 heavy (non-hydrogen) atoms. The molecule has 140 valence electrons. The summed E-state index contributed by atoms with van der Waals surface area (Å²) in [5, 5.41) is 0. The average Bonchev–Trinajstić information content (AvgIpc) is 2.69. The van der Waals surface area contributed by atoms with Crippen molar-refractivity contribution in [2.24, 2.45) is 0 Å². The lowest BCUT2D eigenvalue weighted by Crippen LogP contribution is -2.60. The summed E-state index contributed by atoms with van der Waals surface area (Å²) in [7, 11) is 2.87. The summed E-state index contributed by atoms with van der Waals surface area (Å²) in [6, 6.07) is 13.2. The second-order valence-corrected chi connectivity index (χ2v) is 5.99. The predicted octanol–water partition coefficient (Wildman–Crippen LogP) is 2.50. The molecule has 0 radical (unpaired) electrons. The van der Waals surface area contributed by atoms with Crippen LogP contribution in [-0.4, -0.2) is 38.2 Å². The highest BCUT2D eigenvalue weighted by Crippen LogP contribution is 2.41. The van der Waals surface area contributed by atoms with E-state index < -0.39 is 24.1 Å². The number of ether oxygens (including phenoxy) is 3. The van der Waals surface area contributed by atoms with Crippen molar-refractivity contribution in [3.05, 3.63) is 59.7 Å². The maximum atomic E-state index is 12.6. The summed E-state index contributed by atoms with van der Waals surface area (Å²) < 4.78 is 15.1. The van der Waals surface area contributed by atoms with E-state index in [9.17, 15) is 14.4 Å². The van der Waals surface area contributed by atoms with Crippen LogP contribution in [0.4, 0.5) is 5.69 Å². The third-order valence-corrected chi connectivity index (χ3v) is 4.36. The predicted molar refractivity (Wildman–Crippen MR) is 96.6 cm³/mol. The van der Waals surface area contributed by atoms with Gasteiger partial charge in [-0.05, 0) is 42.0 Å². The summed E-state index contributed by atoms with van der Waals surface area (Å²) in [4.78, 5) is 37.1. The molecule has 2 aromatic rings. The molecular formula is C20H19NO6. The fraction of sp³-hybridized carbons (Fsp3) is 0.250. The molecule has 1 aliphatic heterocycles. The molecule has 7 heteroatoms. The van der Waals surface area contributed by atoms with E-state index in [0.29, 0.717) is 17.0 Å². The number of esters is 2. The number of anilines is 1. The van der Waals surface area contributed by atoms with Gasteiger partial charge in [0, 0.05) is 12.6 Å². The van der Waals surface area contributed by atoms with Crippen LogP contribution in [-0.2, 0) is 19.1 Å². The van der Waals surface area contributed by atoms with Gasteiger partial charge in [0.15, 0.2) is 0 Å². The van der Waals surface area contributed by atoms with Crippen molar-refractivity contribution in [2.45, 2.75) is 19.1 Å². The Morgan fingerprint density at radius 2 is 1.59 bits per heavy atom. The summed E-state index contributed by atoms with van der Waals surface area (Å²) in [5.41, 5.74) is 1.78. The van der Waals surface area contributed by atoms with Gasteiger partial charge in [-0.3, -0.25) is 14.5 Å². The lowest BCUT2D eigenvalue weighted by atomic mass is 9.89. The zero-order valence-corrected chi connectivity index (χ0v) is 15.2. The first-order chi connectivity index (χ1) is 13.0.